The van der Waals surface area contributed by atoms with E-state index in [1.807, 2.05) is 6.07 Å². The van der Waals surface area contributed by atoms with Gasteiger partial charge in [0.25, 0.3) is 0 Å². The molecule has 0 amide bonds. The molecule has 0 N–H and O–H groups in total. The van der Waals surface area contributed by atoms with Gasteiger partial charge < -0.3 is 0 Å². The lowest BCUT2D eigenvalue weighted by atomic mass is 9.99. The molecule has 0 saturated heterocycles. The molecule has 22 heavy (non-hydrogen) atoms. The fourth-order valence-electron chi connectivity index (χ4n) is 2.33. The number of pyridine rings is 1. The van der Waals surface area contributed by atoms with Crippen LogP contribution in [0.1, 0.15) is 11.1 Å². The van der Waals surface area contributed by atoms with Crippen molar-refractivity contribution in [3.8, 4) is 17.2 Å². The zero-order valence-electron chi connectivity index (χ0n) is 11.2. The van der Waals surface area contributed by atoms with Crippen LogP contribution in [0.5, 0.6) is 0 Å². The van der Waals surface area contributed by atoms with E-state index in [9.17, 15) is 13.2 Å². The van der Waals surface area contributed by atoms with Crippen molar-refractivity contribution >= 4 is 10.9 Å². The number of halogens is 3. The van der Waals surface area contributed by atoms with Crippen LogP contribution in [-0.2, 0) is 6.18 Å². The smallest absolute Gasteiger partial charge is 0.256 e. The average Bonchev–Trinajstić information content (AvgIpc) is 2.53. The normalized spacial score (nSPS) is 11.4. The number of alkyl halides is 3. The summed E-state index contributed by atoms with van der Waals surface area (Å²) in [5.41, 5.74) is 0.817. The number of nitrogens with zero attached hydrogens (tertiary/aromatic N) is 2. The second-order valence-corrected chi connectivity index (χ2v) is 4.79. The Morgan fingerprint density at radius 1 is 1.00 bits per heavy atom. The predicted molar refractivity (Wildman–Crippen MR) is 76.9 cm³/mol. The largest absolute Gasteiger partial charge is 0.417 e. The van der Waals surface area contributed by atoms with Crippen molar-refractivity contribution in [3.05, 3.63) is 65.9 Å². The van der Waals surface area contributed by atoms with Gasteiger partial charge in [0.1, 0.15) is 0 Å². The van der Waals surface area contributed by atoms with Crippen molar-refractivity contribution < 1.29 is 13.2 Å². The topological polar surface area (TPSA) is 36.7 Å². The average molecular weight is 298 g/mol. The number of benzene rings is 2. The second-order valence-electron chi connectivity index (χ2n) is 4.79. The van der Waals surface area contributed by atoms with Gasteiger partial charge in [-0.3, -0.25) is 4.98 Å². The number of fused-ring (bicyclic) bond motifs is 1. The molecule has 5 heteroatoms. The first kappa shape index (κ1) is 14.1. The van der Waals surface area contributed by atoms with Crippen LogP contribution >= 0.6 is 0 Å². The van der Waals surface area contributed by atoms with Gasteiger partial charge >= 0.3 is 6.18 Å². The number of hydrogen-bond acceptors (Lipinski definition) is 2. The van der Waals surface area contributed by atoms with E-state index >= 15 is 0 Å². The van der Waals surface area contributed by atoms with Gasteiger partial charge in [0.05, 0.1) is 22.7 Å². The van der Waals surface area contributed by atoms with Gasteiger partial charge in [-0.1, -0.05) is 18.2 Å². The van der Waals surface area contributed by atoms with Crippen molar-refractivity contribution in [2.45, 2.75) is 6.18 Å². The van der Waals surface area contributed by atoms with Crippen LogP contribution in [0.3, 0.4) is 0 Å². The lowest BCUT2D eigenvalue weighted by molar-refractivity contribution is -0.137. The first-order valence-corrected chi connectivity index (χ1v) is 6.45. The van der Waals surface area contributed by atoms with Gasteiger partial charge in [0.15, 0.2) is 0 Å². The molecule has 0 aliphatic carbocycles. The molecule has 108 valence electrons. The molecule has 3 rings (SSSR count). The first-order chi connectivity index (χ1) is 10.5. The standard InChI is InChI=1S/C17H9F3N2/c18-17(19,20)15-4-2-1-3-14(15)13-8-12-7-11(9-21)5-6-16(12)22-10-13/h1-8,10H. The maximum absolute atomic E-state index is 13.1. The van der Waals surface area contributed by atoms with E-state index < -0.39 is 11.7 Å². The minimum atomic E-state index is -4.43. The van der Waals surface area contributed by atoms with Gasteiger partial charge in [-0.15, -0.1) is 0 Å². The summed E-state index contributed by atoms with van der Waals surface area (Å²) in [5, 5.41) is 9.55. The summed E-state index contributed by atoms with van der Waals surface area (Å²) in [6.07, 6.45) is -3.01. The van der Waals surface area contributed by atoms with E-state index in [4.69, 9.17) is 5.26 Å². The van der Waals surface area contributed by atoms with Gasteiger partial charge in [0.2, 0.25) is 0 Å². The molecule has 2 aromatic carbocycles. The molecule has 0 saturated carbocycles. The molecule has 0 unspecified atom stereocenters. The Balaban J connectivity index is 2.21. The molecule has 3 aromatic rings. The number of rotatable bonds is 1. The van der Waals surface area contributed by atoms with Crippen LogP contribution in [0.4, 0.5) is 13.2 Å². The molecular weight excluding hydrogens is 289 g/mol. The van der Waals surface area contributed by atoms with E-state index in [1.165, 1.54) is 18.3 Å². The zero-order chi connectivity index (χ0) is 15.7. The van der Waals surface area contributed by atoms with Crippen LogP contribution in [0.15, 0.2) is 54.7 Å². The minimum absolute atomic E-state index is 0.0757. The number of aromatic nitrogens is 1. The summed E-state index contributed by atoms with van der Waals surface area (Å²) in [7, 11) is 0. The predicted octanol–water partition coefficient (Wildman–Crippen LogP) is 4.79. The monoisotopic (exact) mass is 298 g/mol. The Morgan fingerprint density at radius 3 is 2.50 bits per heavy atom. The molecule has 0 fully saturated rings. The second kappa shape index (κ2) is 5.15. The highest BCUT2D eigenvalue weighted by Gasteiger charge is 2.33. The molecule has 1 heterocycles. The van der Waals surface area contributed by atoms with Gasteiger partial charge in [0, 0.05) is 17.1 Å². The quantitative estimate of drug-likeness (QED) is 0.647. The maximum atomic E-state index is 13.1. The molecule has 1 aromatic heterocycles. The van der Waals surface area contributed by atoms with Crippen LogP contribution in [0.2, 0.25) is 0 Å². The molecule has 0 spiro atoms. The Labute approximate surface area is 124 Å². The Kier molecular flexibility index (Phi) is 3.30. The third kappa shape index (κ3) is 2.51. The zero-order valence-corrected chi connectivity index (χ0v) is 11.2. The van der Waals surface area contributed by atoms with Crippen molar-refractivity contribution in [1.29, 1.82) is 5.26 Å². The fourth-order valence-corrected chi connectivity index (χ4v) is 2.33. The van der Waals surface area contributed by atoms with Crippen LogP contribution in [0.25, 0.3) is 22.0 Å². The SMILES string of the molecule is N#Cc1ccc2ncc(-c3ccccc3C(F)(F)F)cc2c1. The summed E-state index contributed by atoms with van der Waals surface area (Å²) in [6.45, 7) is 0. The van der Waals surface area contributed by atoms with Crippen LogP contribution < -0.4 is 0 Å². The van der Waals surface area contributed by atoms with Crippen molar-refractivity contribution in [1.82, 2.24) is 4.98 Å². The van der Waals surface area contributed by atoms with E-state index in [1.54, 1.807) is 30.3 Å². The number of hydrogen-bond donors (Lipinski definition) is 0. The lowest BCUT2D eigenvalue weighted by Gasteiger charge is -2.13. The van der Waals surface area contributed by atoms with Crippen LogP contribution in [-0.4, -0.2) is 4.98 Å². The maximum Gasteiger partial charge on any atom is 0.417 e. The summed E-state index contributed by atoms with van der Waals surface area (Å²) >= 11 is 0. The highest BCUT2D eigenvalue weighted by atomic mass is 19.4. The minimum Gasteiger partial charge on any atom is -0.256 e. The van der Waals surface area contributed by atoms with Gasteiger partial charge in [-0.2, -0.15) is 18.4 Å². The lowest BCUT2D eigenvalue weighted by Crippen LogP contribution is -2.06. The van der Waals surface area contributed by atoms with Crippen molar-refractivity contribution in [2.24, 2.45) is 0 Å². The Morgan fingerprint density at radius 2 is 1.77 bits per heavy atom. The third-order valence-corrected chi connectivity index (χ3v) is 3.35. The molecule has 2 nitrogen and oxygen atoms in total. The summed E-state index contributed by atoms with van der Waals surface area (Å²) in [4.78, 5) is 4.18. The van der Waals surface area contributed by atoms with E-state index in [-0.39, 0.29) is 5.56 Å². The summed E-state index contributed by atoms with van der Waals surface area (Å²) in [5.74, 6) is 0. The van der Waals surface area contributed by atoms with Crippen molar-refractivity contribution in [3.63, 3.8) is 0 Å². The highest BCUT2D eigenvalue weighted by molar-refractivity contribution is 5.85. The molecule has 0 aliphatic rings. The van der Waals surface area contributed by atoms with Gasteiger partial charge in [-0.05, 0) is 35.9 Å². The van der Waals surface area contributed by atoms with Crippen LogP contribution in [0, 0.1) is 11.3 Å². The Hall–Kier alpha value is -2.87. The van der Waals surface area contributed by atoms with Gasteiger partial charge in [-0.25, -0.2) is 0 Å². The fraction of sp³-hybridized carbons (Fsp3) is 0.0588. The first-order valence-electron chi connectivity index (χ1n) is 6.45. The van der Waals surface area contributed by atoms with E-state index in [0.29, 0.717) is 22.0 Å². The molecule has 0 radical (unpaired) electrons. The molecule has 0 aliphatic heterocycles. The third-order valence-electron chi connectivity index (χ3n) is 3.35. The number of nitriles is 1. The highest BCUT2D eigenvalue weighted by Crippen LogP contribution is 2.37. The van der Waals surface area contributed by atoms with E-state index in [2.05, 4.69) is 4.98 Å². The summed E-state index contributed by atoms with van der Waals surface area (Å²) < 4.78 is 39.3. The molecule has 0 atom stereocenters. The Bertz CT molecular complexity index is 892. The summed E-state index contributed by atoms with van der Waals surface area (Å²) in [6, 6.07) is 13.9. The van der Waals surface area contributed by atoms with Crippen molar-refractivity contribution in [2.75, 3.05) is 0 Å². The molecular formula is C17H9F3N2. The van der Waals surface area contributed by atoms with E-state index in [0.717, 1.165) is 6.07 Å². The molecule has 0 bridgehead atoms.